The molecule has 0 amide bonds. The van der Waals surface area contributed by atoms with Crippen molar-refractivity contribution in [3.8, 4) is 0 Å². The second kappa shape index (κ2) is 8.02. The third-order valence-electron chi connectivity index (χ3n) is 3.80. The predicted molar refractivity (Wildman–Crippen MR) is 79.8 cm³/mol. The van der Waals surface area contributed by atoms with Crippen molar-refractivity contribution in [3.05, 3.63) is 35.4 Å². The number of carboxylic acid groups (broad SMARTS) is 1. The minimum Gasteiger partial charge on any atom is -0.481 e. The van der Waals surface area contributed by atoms with Gasteiger partial charge >= 0.3 is 5.97 Å². The smallest absolute Gasteiger partial charge is 0.307 e. The number of likely N-dealkylation sites (tertiary alicyclic amines) is 1. The number of hydrogen-bond donors (Lipinski definition) is 2. The van der Waals surface area contributed by atoms with Crippen LogP contribution in [-0.4, -0.2) is 42.2 Å². The van der Waals surface area contributed by atoms with Crippen LogP contribution < -0.4 is 5.32 Å². The highest BCUT2D eigenvalue weighted by Gasteiger charge is 2.10. The predicted octanol–water partition coefficient (Wildman–Crippen LogP) is 1.89. The van der Waals surface area contributed by atoms with Crippen molar-refractivity contribution in [3.63, 3.8) is 0 Å². The Hall–Kier alpha value is -1.39. The van der Waals surface area contributed by atoms with E-state index in [0.717, 1.165) is 30.6 Å². The van der Waals surface area contributed by atoms with Crippen LogP contribution in [0.3, 0.4) is 0 Å². The van der Waals surface area contributed by atoms with Crippen molar-refractivity contribution in [2.45, 2.75) is 32.2 Å². The molecule has 2 N–H and O–H groups in total. The highest BCUT2D eigenvalue weighted by molar-refractivity contribution is 5.70. The number of aliphatic carboxylic acids is 1. The van der Waals surface area contributed by atoms with E-state index in [2.05, 4.69) is 10.2 Å². The maximum Gasteiger partial charge on any atom is 0.307 e. The normalized spacial score (nSPS) is 15.6. The second-order valence-electron chi connectivity index (χ2n) is 5.42. The van der Waals surface area contributed by atoms with Crippen LogP contribution in [0.4, 0.5) is 0 Å². The summed E-state index contributed by atoms with van der Waals surface area (Å²) < 4.78 is 0. The average molecular weight is 276 g/mol. The molecule has 1 fully saturated rings. The highest BCUT2D eigenvalue weighted by Crippen LogP contribution is 2.10. The molecule has 20 heavy (non-hydrogen) atoms. The van der Waals surface area contributed by atoms with Gasteiger partial charge in [-0.25, -0.2) is 0 Å². The second-order valence-corrected chi connectivity index (χ2v) is 5.42. The zero-order valence-corrected chi connectivity index (χ0v) is 12.0. The molecule has 0 radical (unpaired) electrons. The number of carboxylic acids is 1. The van der Waals surface area contributed by atoms with Crippen molar-refractivity contribution in [1.82, 2.24) is 10.2 Å². The zero-order valence-electron chi connectivity index (χ0n) is 12.0. The van der Waals surface area contributed by atoms with Crippen LogP contribution in [0, 0.1) is 0 Å². The van der Waals surface area contributed by atoms with E-state index in [4.69, 9.17) is 5.11 Å². The summed E-state index contributed by atoms with van der Waals surface area (Å²) in [5.41, 5.74) is 2.00. The van der Waals surface area contributed by atoms with Gasteiger partial charge in [0.05, 0.1) is 6.42 Å². The van der Waals surface area contributed by atoms with E-state index in [1.54, 1.807) is 0 Å². The number of hydrogen-bond acceptors (Lipinski definition) is 3. The Kier molecular flexibility index (Phi) is 6.02. The lowest BCUT2D eigenvalue weighted by atomic mass is 10.0. The molecule has 1 aromatic rings. The van der Waals surface area contributed by atoms with E-state index in [0.29, 0.717) is 0 Å². The fourth-order valence-electron chi connectivity index (χ4n) is 2.72. The Balaban J connectivity index is 1.69. The van der Waals surface area contributed by atoms with Gasteiger partial charge in [-0.15, -0.1) is 0 Å². The van der Waals surface area contributed by atoms with Gasteiger partial charge in [0, 0.05) is 6.54 Å². The van der Waals surface area contributed by atoms with E-state index in [9.17, 15) is 4.79 Å². The molecule has 2 rings (SSSR count). The first-order valence-electron chi connectivity index (χ1n) is 7.47. The third kappa shape index (κ3) is 4.94. The Labute approximate surface area is 120 Å². The molecule has 0 unspecified atom stereocenters. The van der Waals surface area contributed by atoms with Gasteiger partial charge in [-0.3, -0.25) is 4.79 Å². The van der Waals surface area contributed by atoms with Crippen LogP contribution in [-0.2, 0) is 17.8 Å². The van der Waals surface area contributed by atoms with Gasteiger partial charge < -0.3 is 15.3 Å². The Morgan fingerprint density at radius 3 is 2.60 bits per heavy atom. The molecular formula is C16H24N2O2. The minimum atomic E-state index is -0.772. The first-order valence-corrected chi connectivity index (χ1v) is 7.47. The summed E-state index contributed by atoms with van der Waals surface area (Å²) in [7, 11) is 0. The molecule has 0 spiro atoms. The van der Waals surface area contributed by atoms with Crippen LogP contribution in [0.2, 0.25) is 0 Å². The average Bonchev–Trinajstić information content (AvgIpc) is 2.93. The summed E-state index contributed by atoms with van der Waals surface area (Å²) in [6.07, 6.45) is 3.94. The van der Waals surface area contributed by atoms with Gasteiger partial charge in [0.2, 0.25) is 0 Å². The summed E-state index contributed by atoms with van der Waals surface area (Å²) in [4.78, 5) is 13.3. The van der Waals surface area contributed by atoms with E-state index in [1.165, 1.54) is 32.5 Å². The number of rotatable bonds is 8. The molecule has 0 aromatic heterocycles. The van der Waals surface area contributed by atoms with Gasteiger partial charge in [0.15, 0.2) is 0 Å². The Bertz CT molecular complexity index is 428. The fraction of sp³-hybridized carbons (Fsp3) is 0.562. The van der Waals surface area contributed by atoms with Crippen LogP contribution >= 0.6 is 0 Å². The quantitative estimate of drug-likeness (QED) is 0.712. The van der Waals surface area contributed by atoms with Gasteiger partial charge in [-0.1, -0.05) is 24.3 Å². The van der Waals surface area contributed by atoms with E-state index in [-0.39, 0.29) is 6.42 Å². The van der Waals surface area contributed by atoms with Crippen molar-refractivity contribution in [2.75, 3.05) is 26.2 Å². The van der Waals surface area contributed by atoms with E-state index in [1.807, 2.05) is 24.3 Å². The summed E-state index contributed by atoms with van der Waals surface area (Å²) >= 11 is 0. The van der Waals surface area contributed by atoms with Crippen LogP contribution in [0.1, 0.15) is 30.4 Å². The summed E-state index contributed by atoms with van der Waals surface area (Å²) in [6, 6.07) is 7.77. The highest BCUT2D eigenvalue weighted by atomic mass is 16.4. The molecule has 1 aliphatic rings. The van der Waals surface area contributed by atoms with Gasteiger partial charge in [-0.05, 0) is 56.6 Å². The molecule has 0 bridgehead atoms. The summed E-state index contributed by atoms with van der Waals surface area (Å²) in [5, 5.41) is 12.3. The number of carbonyl (C=O) groups is 1. The van der Waals surface area contributed by atoms with E-state index >= 15 is 0 Å². The molecule has 0 saturated carbocycles. The first kappa shape index (κ1) is 15.0. The molecule has 1 aliphatic heterocycles. The van der Waals surface area contributed by atoms with Crippen LogP contribution in [0.25, 0.3) is 0 Å². The minimum absolute atomic E-state index is 0.103. The lowest BCUT2D eigenvalue weighted by molar-refractivity contribution is -0.136. The topological polar surface area (TPSA) is 52.6 Å². The van der Waals surface area contributed by atoms with Crippen LogP contribution in [0.15, 0.2) is 24.3 Å². The molecule has 0 aliphatic carbocycles. The zero-order chi connectivity index (χ0) is 14.2. The van der Waals surface area contributed by atoms with Crippen molar-refractivity contribution < 1.29 is 9.90 Å². The lowest BCUT2D eigenvalue weighted by Gasteiger charge is -2.14. The van der Waals surface area contributed by atoms with Crippen molar-refractivity contribution in [2.24, 2.45) is 0 Å². The van der Waals surface area contributed by atoms with Crippen LogP contribution in [0.5, 0.6) is 0 Å². The molecule has 1 heterocycles. The molecule has 4 nitrogen and oxygen atoms in total. The molecule has 1 aromatic carbocycles. The van der Waals surface area contributed by atoms with Gasteiger partial charge in [-0.2, -0.15) is 0 Å². The molecule has 4 heteroatoms. The SMILES string of the molecule is O=C(O)Cc1ccccc1CNCCCN1CCCC1. The Morgan fingerprint density at radius 2 is 1.90 bits per heavy atom. The number of nitrogens with one attached hydrogen (secondary N) is 1. The number of nitrogens with zero attached hydrogens (tertiary/aromatic N) is 1. The summed E-state index contributed by atoms with van der Waals surface area (Å²) in [5.74, 6) is -0.772. The molecular weight excluding hydrogens is 252 g/mol. The molecule has 0 atom stereocenters. The maximum atomic E-state index is 10.8. The fourth-order valence-corrected chi connectivity index (χ4v) is 2.72. The van der Waals surface area contributed by atoms with Gasteiger partial charge in [0.1, 0.15) is 0 Å². The molecule has 1 saturated heterocycles. The standard InChI is InChI=1S/C16H24N2O2/c19-16(20)12-14-6-1-2-7-15(14)13-17-8-5-11-18-9-3-4-10-18/h1-2,6-7,17H,3-5,8-13H2,(H,19,20). The van der Waals surface area contributed by atoms with Crippen molar-refractivity contribution in [1.29, 1.82) is 0 Å². The third-order valence-corrected chi connectivity index (χ3v) is 3.80. The largest absolute Gasteiger partial charge is 0.481 e. The van der Waals surface area contributed by atoms with Gasteiger partial charge in [0.25, 0.3) is 0 Å². The lowest BCUT2D eigenvalue weighted by Crippen LogP contribution is -2.25. The number of benzene rings is 1. The Morgan fingerprint density at radius 1 is 1.20 bits per heavy atom. The first-order chi connectivity index (χ1) is 9.75. The summed E-state index contributed by atoms with van der Waals surface area (Å²) in [6.45, 7) is 5.41. The van der Waals surface area contributed by atoms with Crippen molar-refractivity contribution >= 4 is 5.97 Å². The van der Waals surface area contributed by atoms with E-state index < -0.39 is 5.97 Å². The monoisotopic (exact) mass is 276 g/mol. The molecule has 110 valence electrons. The maximum absolute atomic E-state index is 10.8.